The van der Waals surface area contributed by atoms with Crippen LogP contribution in [0.15, 0.2) is 297 Å². The lowest BCUT2D eigenvalue weighted by molar-refractivity contribution is 1.03. The third-order valence-electron chi connectivity index (χ3n) is 13.5. The summed E-state index contributed by atoms with van der Waals surface area (Å²) in [5.74, 6) is 0.758. The lowest BCUT2D eigenvalue weighted by Gasteiger charge is -2.33. The van der Waals surface area contributed by atoms with Gasteiger partial charge in [-0.2, -0.15) is 0 Å². The summed E-state index contributed by atoms with van der Waals surface area (Å²) in [6.07, 6.45) is 0. The number of para-hydroxylation sites is 7. The van der Waals surface area contributed by atoms with Crippen molar-refractivity contribution in [2.45, 2.75) is 0 Å². The Morgan fingerprint density at radius 1 is 0.189 bits per heavy atom. The zero-order valence-corrected chi connectivity index (χ0v) is 40.4. The Morgan fingerprint density at radius 2 is 0.419 bits per heavy atom. The van der Waals surface area contributed by atoms with Crippen molar-refractivity contribution in [1.29, 1.82) is 0 Å². The number of fused-ring (bicyclic) bond motifs is 11. The standard InChI is InChI=1S/C67H49N7/c1-6-23-50(24-7-1)69-55-33-18-34-56(45-55)70(51-25-8-2-9-26-51)58-36-20-38-60(47-58)72(53-29-12-4-13-30-53)62-40-22-42-64(49-62)73(67-68-65-43-16-17-44-66(65)74(67)54-31-14-5-15-32-54)63-41-21-39-61(48-63)71(52-27-10-3-11-28-52)59-37-19-35-57(69)46-59/h1-49H. The van der Waals surface area contributed by atoms with E-state index in [0.717, 1.165) is 102 Å². The predicted octanol–water partition coefficient (Wildman–Crippen LogP) is 18.7. The van der Waals surface area contributed by atoms with Crippen LogP contribution in [0.2, 0.25) is 0 Å². The van der Waals surface area contributed by atoms with Crippen LogP contribution in [0.4, 0.5) is 85.6 Å². The Balaban J connectivity index is 1.12. The molecule has 10 bridgehead atoms. The Hall–Kier alpha value is -10.1. The molecular formula is C67H49N7. The fraction of sp³-hybridized carbons (Fsp3) is 0. The van der Waals surface area contributed by atoms with Crippen molar-refractivity contribution >= 4 is 96.6 Å². The van der Waals surface area contributed by atoms with E-state index in [2.05, 4.69) is 326 Å². The molecule has 12 aromatic rings. The van der Waals surface area contributed by atoms with Gasteiger partial charge in [-0.1, -0.05) is 133 Å². The van der Waals surface area contributed by atoms with Crippen LogP contribution in [0, 0.1) is 0 Å². The van der Waals surface area contributed by atoms with Gasteiger partial charge in [-0.3, -0.25) is 9.47 Å². The number of nitrogens with zero attached hydrogens (tertiary/aromatic N) is 7. The maximum absolute atomic E-state index is 5.52. The molecule has 352 valence electrons. The van der Waals surface area contributed by atoms with Gasteiger partial charge in [0.05, 0.1) is 22.4 Å². The van der Waals surface area contributed by atoms with Crippen LogP contribution in [0.3, 0.4) is 0 Å². The normalized spacial score (nSPS) is 12.5. The summed E-state index contributed by atoms with van der Waals surface area (Å²) >= 11 is 0. The van der Waals surface area contributed by atoms with E-state index in [4.69, 9.17) is 4.98 Å². The summed E-state index contributed by atoms with van der Waals surface area (Å²) in [6, 6.07) is 106. The van der Waals surface area contributed by atoms with Gasteiger partial charge in [0.15, 0.2) is 0 Å². The van der Waals surface area contributed by atoms with E-state index >= 15 is 0 Å². The van der Waals surface area contributed by atoms with Crippen molar-refractivity contribution in [3.05, 3.63) is 297 Å². The molecule has 1 aliphatic rings. The lowest BCUT2D eigenvalue weighted by atomic mass is 10.1. The van der Waals surface area contributed by atoms with Crippen molar-refractivity contribution in [2.24, 2.45) is 0 Å². The smallest absolute Gasteiger partial charge is 0.220 e. The highest BCUT2D eigenvalue weighted by molar-refractivity contribution is 5.91. The average Bonchev–Trinajstić information content (AvgIpc) is 3.86. The van der Waals surface area contributed by atoms with E-state index in [0.29, 0.717) is 0 Å². The molecule has 1 aliphatic heterocycles. The molecule has 0 saturated heterocycles. The summed E-state index contributed by atoms with van der Waals surface area (Å²) in [7, 11) is 0. The van der Waals surface area contributed by atoms with E-state index in [9.17, 15) is 0 Å². The quantitative estimate of drug-likeness (QED) is 0.165. The summed E-state index contributed by atoms with van der Waals surface area (Å²) in [5.41, 5.74) is 17.0. The molecule has 11 aromatic carbocycles. The summed E-state index contributed by atoms with van der Waals surface area (Å²) in [6.45, 7) is 0. The van der Waals surface area contributed by atoms with Gasteiger partial charge in [-0.15, -0.1) is 0 Å². The summed E-state index contributed by atoms with van der Waals surface area (Å²) in [4.78, 5) is 17.2. The number of hydrogen-bond donors (Lipinski definition) is 0. The highest BCUT2D eigenvalue weighted by Gasteiger charge is 2.26. The lowest BCUT2D eigenvalue weighted by Crippen LogP contribution is -2.18. The highest BCUT2D eigenvalue weighted by Crippen LogP contribution is 2.47. The second-order valence-electron chi connectivity index (χ2n) is 18.2. The first kappa shape index (κ1) is 43.9. The van der Waals surface area contributed by atoms with Crippen LogP contribution in [-0.4, -0.2) is 9.55 Å². The molecular weight excluding hydrogens is 903 g/mol. The summed E-state index contributed by atoms with van der Waals surface area (Å²) < 4.78 is 2.27. The fourth-order valence-electron chi connectivity index (χ4n) is 10.3. The number of anilines is 15. The van der Waals surface area contributed by atoms with Gasteiger partial charge < -0.3 is 19.6 Å². The van der Waals surface area contributed by atoms with Gasteiger partial charge in [0.2, 0.25) is 5.95 Å². The Bertz CT molecular complexity index is 3690. The van der Waals surface area contributed by atoms with Gasteiger partial charge in [0.25, 0.3) is 0 Å². The van der Waals surface area contributed by atoms with Crippen LogP contribution >= 0.6 is 0 Å². The van der Waals surface area contributed by atoms with Gasteiger partial charge in [-0.25, -0.2) is 4.98 Å². The molecule has 0 saturated carbocycles. The molecule has 0 unspecified atom stereocenters. The maximum Gasteiger partial charge on any atom is 0.220 e. The first-order valence-corrected chi connectivity index (χ1v) is 25.0. The minimum absolute atomic E-state index is 0.758. The number of benzene rings is 11. The SMILES string of the molecule is c1ccc(N2c3cccc(c3)N(c3ccccc3)c3cccc(c3)N(c3ccccc3)c3cccc(c3)N(c3nc4ccccc4n3-c3ccccc3)c3cccc(c3)N(c3ccccc3)c3cccc2c3)cc1. The number of imidazole rings is 1. The van der Waals surface area contributed by atoms with E-state index in [1.165, 1.54) is 0 Å². The molecule has 13 rings (SSSR count). The first-order chi connectivity index (χ1) is 36.7. The van der Waals surface area contributed by atoms with Gasteiger partial charge in [0.1, 0.15) is 0 Å². The van der Waals surface area contributed by atoms with E-state index in [1.807, 2.05) is 0 Å². The maximum atomic E-state index is 5.52. The highest BCUT2D eigenvalue weighted by atomic mass is 15.3. The van der Waals surface area contributed by atoms with Crippen LogP contribution < -0.4 is 24.5 Å². The molecule has 0 radical (unpaired) electrons. The molecule has 7 heteroatoms. The summed E-state index contributed by atoms with van der Waals surface area (Å²) in [5, 5.41) is 0. The minimum atomic E-state index is 0.758. The number of hydrogen-bond acceptors (Lipinski definition) is 6. The van der Waals surface area contributed by atoms with Gasteiger partial charge >= 0.3 is 0 Å². The van der Waals surface area contributed by atoms with Crippen molar-refractivity contribution in [3.8, 4) is 5.69 Å². The zero-order valence-electron chi connectivity index (χ0n) is 40.4. The molecule has 1 aromatic heterocycles. The van der Waals surface area contributed by atoms with Gasteiger partial charge in [0, 0.05) is 73.9 Å². The van der Waals surface area contributed by atoms with Crippen molar-refractivity contribution in [2.75, 3.05) is 24.5 Å². The minimum Gasteiger partial charge on any atom is -0.310 e. The molecule has 0 N–H and O–H groups in total. The van der Waals surface area contributed by atoms with E-state index in [-0.39, 0.29) is 0 Å². The van der Waals surface area contributed by atoms with Crippen molar-refractivity contribution in [3.63, 3.8) is 0 Å². The van der Waals surface area contributed by atoms with Crippen molar-refractivity contribution < 1.29 is 0 Å². The molecule has 74 heavy (non-hydrogen) atoms. The van der Waals surface area contributed by atoms with Crippen LogP contribution in [0.25, 0.3) is 16.7 Å². The van der Waals surface area contributed by atoms with E-state index in [1.54, 1.807) is 0 Å². The second-order valence-corrected chi connectivity index (χ2v) is 18.2. The Kier molecular flexibility index (Phi) is 11.4. The van der Waals surface area contributed by atoms with Crippen molar-refractivity contribution in [1.82, 2.24) is 9.55 Å². The first-order valence-electron chi connectivity index (χ1n) is 25.0. The Morgan fingerprint density at radius 3 is 0.716 bits per heavy atom. The largest absolute Gasteiger partial charge is 0.310 e. The number of rotatable bonds is 6. The fourth-order valence-corrected chi connectivity index (χ4v) is 10.3. The topological polar surface area (TPSA) is 34.0 Å². The predicted molar refractivity (Wildman–Crippen MR) is 308 cm³/mol. The molecule has 0 amide bonds. The molecule has 0 atom stereocenters. The van der Waals surface area contributed by atoms with Crippen LogP contribution in [0.5, 0.6) is 0 Å². The monoisotopic (exact) mass is 951 g/mol. The van der Waals surface area contributed by atoms with Gasteiger partial charge in [-0.05, 0) is 164 Å². The zero-order chi connectivity index (χ0) is 49.2. The van der Waals surface area contributed by atoms with E-state index < -0.39 is 0 Å². The number of aromatic nitrogens is 2. The van der Waals surface area contributed by atoms with Crippen LogP contribution in [0.1, 0.15) is 0 Å². The molecule has 2 heterocycles. The molecule has 0 aliphatic carbocycles. The Labute approximate surface area is 431 Å². The second kappa shape index (κ2) is 19.2. The average molecular weight is 952 g/mol. The molecule has 7 nitrogen and oxygen atoms in total. The molecule has 0 spiro atoms. The molecule has 0 fully saturated rings. The third kappa shape index (κ3) is 8.24. The van der Waals surface area contributed by atoms with Crippen LogP contribution in [-0.2, 0) is 0 Å². The third-order valence-corrected chi connectivity index (χ3v) is 13.5.